The van der Waals surface area contributed by atoms with Crippen LogP contribution in [0.15, 0.2) is 48.5 Å². The van der Waals surface area contributed by atoms with Gasteiger partial charge in [0.05, 0.1) is 13.2 Å². The van der Waals surface area contributed by atoms with E-state index in [2.05, 4.69) is 10.6 Å². The molecule has 3 amide bonds. The van der Waals surface area contributed by atoms with Gasteiger partial charge in [0.25, 0.3) is 0 Å². The van der Waals surface area contributed by atoms with E-state index in [1.807, 2.05) is 55.5 Å². The van der Waals surface area contributed by atoms with E-state index in [1.165, 1.54) is 0 Å². The van der Waals surface area contributed by atoms with Crippen LogP contribution in [0.25, 0.3) is 0 Å². The maximum Gasteiger partial charge on any atom is 0.319 e. The number of urea groups is 1. The van der Waals surface area contributed by atoms with Crippen LogP contribution in [-0.4, -0.2) is 31.6 Å². The third kappa shape index (κ3) is 3.96. The van der Waals surface area contributed by atoms with Gasteiger partial charge >= 0.3 is 6.03 Å². The lowest BCUT2D eigenvalue weighted by Gasteiger charge is -2.18. The molecule has 0 saturated carbocycles. The summed E-state index contributed by atoms with van der Waals surface area (Å²) in [5.41, 5.74) is 2.67. The Morgan fingerprint density at radius 2 is 1.92 bits per heavy atom. The van der Waals surface area contributed by atoms with Gasteiger partial charge in [-0.1, -0.05) is 25.1 Å². The summed E-state index contributed by atoms with van der Waals surface area (Å²) in [6.07, 6.45) is 1.12. The van der Waals surface area contributed by atoms with Gasteiger partial charge in [0, 0.05) is 24.3 Å². The van der Waals surface area contributed by atoms with Gasteiger partial charge in [-0.05, 0) is 42.3 Å². The van der Waals surface area contributed by atoms with Crippen molar-refractivity contribution in [3.8, 4) is 5.75 Å². The minimum Gasteiger partial charge on any atom is -0.497 e. The summed E-state index contributed by atoms with van der Waals surface area (Å²) in [6, 6.07) is 14.5. The summed E-state index contributed by atoms with van der Waals surface area (Å²) in [6.45, 7) is 2.49. The van der Waals surface area contributed by atoms with Crippen molar-refractivity contribution in [1.29, 1.82) is 0 Å². The molecular weight excluding hydrogens is 330 g/mol. The number of anilines is 2. The number of para-hydroxylation sites is 1. The lowest BCUT2D eigenvalue weighted by Crippen LogP contribution is -2.39. The molecule has 1 atom stereocenters. The third-order valence-electron chi connectivity index (χ3n) is 4.49. The lowest BCUT2D eigenvalue weighted by molar-refractivity contribution is -0.117. The van der Waals surface area contributed by atoms with E-state index in [4.69, 9.17) is 4.74 Å². The zero-order valence-corrected chi connectivity index (χ0v) is 15.0. The number of aryl methyl sites for hydroxylation is 1. The fourth-order valence-electron chi connectivity index (χ4n) is 3.11. The number of hydrogen-bond acceptors (Lipinski definition) is 3. The normalized spacial score (nSPS) is 16.5. The molecule has 1 fully saturated rings. The quantitative estimate of drug-likeness (QED) is 0.867. The Kier molecular flexibility index (Phi) is 5.41. The van der Waals surface area contributed by atoms with E-state index in [0.717, 1.165) is 29.1 Å². The summed E-state index contributed by atoms with van der Waals surface area (Å²) in [4.78, 5) is 26.3. The van der Waals surface area contributed by atoms with E-state index in [-0.39, 0.29) is 24.4 Å². The standard InChI is InChI=1S/C20H23N3O3/c1-3-14-6-4-5-7-18(14)22-20(25)21-15-12-19(24)23(13-15)16-8-10-17(26-2)11-9-16/h4-11,15H,3,12-13H2,1-2H3,(H2,21,22,25)/t15-/m1/s1. The molecule has 0 unspecified atom stereocenters. The second kappa shape index (κ2) is 7.91. The highest BCUT2D eigenvalue weighted by Crippen LogP contribution is 2.24. The van der Waals surface area contributed by atoms with E-state index < -0.39 is 0 Å². The molecule has 0 bridgehead atoms. The van der Waals surface area contributed by atoms with Crippen molar-refractivity contribution in [3.05, 3.63) is 54.1 Å². The molecule has 3 rings (SSSR count). The summed E-state index contributed by atoms with van der Waals surface area (Å²) >= 11 is 0. The Hall–Kier alpha value is -3.02. The highest BCUT2D eigenvalue weighted by molar-refractivity contribution is 5.97. The van der Waals surface area contributed by atoms with Gasteiger partial charge < -0.3 is 20.3 Å². The van der Waals surface area contributed by atoms with Crippen LogP contribution in [0.4, 0.5) is 16.2 Å². The van der Waals surface area contributed by atoms with Crippen molar-refractivity contribution in [2.75, 3.05) is 23.9 Å². The van der Waals surface area contributed by atoms with Gasteiger partial charge in [-0.3, -0.25) is 4.79 Å². The van der Waals surface area contributed by atoms with Crippen molar-refractivity contribution in [2.45, 2.75) is 25.8 Å². The highest BCUT2D eigenvalue weighted by Gasteiger charge is 2.31. The smallest absolute Gasteiger partial charge is 0.319 e. The minimum absolute atomic E-state index is 0.00516. The maximum atomic E-state index is 12.3. The van der Waals surface area contributed by atoms with Gasteiger partial charge in [-0.15, -0.1) is 0 Å². The van der Waals surface area contributed by atoms with Crippen LogP contribution < -0.4 is 20.3 Å². The molecule has 26 heavy (non-hydrogen) atoms. The fraction of sp³-hybridized carbons (Fsp3) is 0.300. The Bertz CT molecular complexity index is 789. The number of benzene rings is 2. The molecule has 136 valence electrons. The van der Waals surface area contributed by atoms with Crippen LogP contribution in [-0.2, 0) is 11.2 Å². The molecular formula is C20H23N3O3. The van der Waals surface area contributed by atoms with E-state index >= 15 is 0 Å². The number of nitrogens with zero attached hydrogens (tertiary/aromatic N) is 1. The molecule has 0 spiro atoms. The lowest BCUT2D eigenvalue weighted by atomic mass is 10.1. The Morgan fingerprint density at radius 3 is 2.62 bits per heavy atom. The number of amides is 3. The number of nitrogens with one attached hydrogen (secondary N) is 2. The largest absolute Gasteiger partial charge is 0.497 e. The molecule has 2 aromatic rings. The molecule has 2 N–H and O–H groups in total. The first kappa shape index (κ1) is 17.8. The summed E-state index contributed by atoms with van der Waals surface area (Å²) in [7, 11) is 1.60. The van der Waals surface area contributed by atoms with E-state index in [1.54, 1.807) is 12.0 Å². The molecule has 0 radical (unpaired) electrons. The second-order valence-corrected chi connectivity index (χ2v) is 6.21. The molecule has 1 aliphatic heterocycles. The zero-order valence-electron chi connectivity index (χ0n) is 15.0. The van der Waals surface area contributed by atoms with Crippen LogP contribution in [0, 0.1) is 0 Å². The van der Waals surface area contributed by atoms with Crippen molar-refractivity contribution < 1.29 is 14.3 Å². The van der Waals surface area contributed by atoms with E-state index in [9.17, 15) is 9.59 Å². The van der Waals surface area contributed by atoms with Crippen molar-refractivity contribution >= 4 is 23.3 Å². The molecule has 6 nitrogen and oxygen atoms in total. The van der Waals surface area contributed by atoms with Crippen LogP contribution in [0.1, 0.15) is 18.9 Å². The van der Waals surface area contributed by atoms with Gasteiger partial charge in [-0.2, -0.15) is 0 Å². The van der Waals surface area contributed by atoms with Crippen LogP contribution >= 0.6 is 0 Å². The highest BCUT2D eigenvalue weighted by atomic mass is 16.5. The average molecular weight is 353 g/mol. The Labute approximate surface area is 153 Å². The predicted octanol–water partition coefficient (Wildman–Crippen LogP) is 3.18. The zero-order chi connectivity index (χ0) is 18.5. The molecule has 0 aliphatic carbocycles. The van der Waals surface area contributed by atoms with Gasteiger partial charge in [0.1, 0.15) is 5.75 Å². The predicted molar refractivity (Wildman–Crippen MR) is 102 cm³/mol. The molecule has 6 heteroatoms. The fourth-order valence-corrected chi connectivity index (χ4v) is 3.11. The summed E-state index contributed by atoms with van der Waals surface area (Å²) in [5, 5.41) is 5.77. The molecule has 0 aromatic heterocycles. The molecule has 1 saturated heterocycles. The Balaban J connectivity index is 1.60. The number of hydrogen-bond donors (Lipinski definition) is 2. The third-order valence-corrected chi connectivity index (χ3v) is 4.49. The topological polar surface area (TPSA) is 70.7 Å². The average Bonchev–Trinajstić information content (AvgIpc) is 3.02. The number of carbonyl (C=O) groups is 2. The second-order valence-electron chi connectivity index (χ2n) is 6.21. The van der Waals surface area contributed by atoms with Crippen molar-refractivity contribution in [3.63, 3.8) is 0 Å². The van der Waals surface area contributed by atoms with Crippen LogP contribution in [0.3, 0.4) is 0 Å². The molecule has 2 aromatic carbocycles. The molecule has 1 aliphatic rings. The maximum absolute atomic E-state index is 12.3. The number of rotatable bonds is 5. The summed E-state index contributed by atoms with van der Waals surface area (Å²) in [5.74, 6) is 0.735. The monoisotopic (exact) mass is 353 g/mol. The van der Waals surface area contributed by atoms with Gasteiger partial charge in [-0.25, -0.2) is 4.79 Å². The SMILES string of the molecule is CCc1ccccc1NC(=O)N[C@@H]1CC(=O)N(c2ccc(OC)cc2)C1. The number of ether oxygens (including phenoxy) is 1. The minimum atomic E-state index is -0.291. The van der Waals surface area contributed by atoms with E-state index in [0.29, 0.717) is 6.54 Å². The van der Waals surface area contributed by atoms with Gasteiger partial charge in [0.2, 0.25) is 5.91 Å². The van der Waals surface area contributed by atoms with Crippen LogP contribution in [0.5, 0.6) is 5.75 Å². The first-order valence-corrected chi connectivity index (χ1v) is 8.70. The Morgan fingerprint density at radius 1 is 1.19 bits per heavy atom. The number of methoxy groups -OCH3 is 1. The summed E-state index contributed by atoms with van der Waals surface area (Å²) < 4.78 is 5.14. The first-order valence-electron chi connectivity index (χ1n) is 8.70. The molecule has 1 heterocycles. The van der Waals surface area contributed by atoms with Gasteiger partial charge in [0.15, 0.2) is 0 Å². The first-order chi connectivity index (χ1) is 12.6. The van der Waals surface area contributed by atoms with Crippen molar-refractivity contribution in [2.24, 2.45) is 0 Å². The van der Waals surface area contributed by atoms with Crippen molar-refractivity contribution in [1.82, 2.24) is 5.32 Å². The number of carbonyl (C=O) groups excluding carboxylic acids is 2. The van der Waals surface area contributed by atoms with Crippen LogP contribution in [0.2, 0.25) is 0 Å².